The average Bonchev–Trinajstić information content (AvgIpc) is 3.18. The molecule has 0 unspecified atom stereocenters. The summed E-state index contributed by atoms with van der Waals surface area (Å²) in [5.74, 6) is -0.314. The number of hydrogen-bond donors (Lipinski definition) is 1. The molecule has 1 saturated heterocycles. The summed E-state index contributed by atoms with van der Waals surface area (Å²) in [7, 11) is -3.54. The normalized spacial score (nSPS) is 16.4. The van der Waals surface area contributed by atoms with Crippen molar-refractivity contribution in [2.75, 3.05) is 13.1 Å². The Bertz CT molecular complexity index is 891. The zero-order chi connectivity index (χ0) is 18.7. The fraction of sp³-hybridized carbons (Fsp3) is 0.316. The summed E-state index contributed by atoms with van der Waals surface area (Å²) in [6, 6.07) is 13.2. The second-order valence-corrected chi connectivity index (χ2v) is 8.76. The lowest BCUT2D eigenvalue weighted by atomic mass is 10.1. The molecule has 0 bridgehead atoms. The number of nitrogens with zero attached hydrogens (tertiary/aromatic N) is 1. The molecule has 0 aliphatic carbocycles. The Morgan fingerprint density at radius 2 is 1.77 bits per heavy atom. The van der Waals surface area contributed by atoms with E-state index < -0.39 is 10.0 Å². The highest BCUT2D eigenvalue weighted by Crippen LogP contribution is 2.22. The van der Waals surface area contributed by atoms with E-state index in [0.29, 0.717) is 23.7 Å². The van der Waals surface area contributed by atoms with Crippen LogP contribution >= 0.6 is 11.6 Å². The minimum atomic E-state index is -3.54. The topological polar surface area (TPSA) is 66.5 Å². The van der Waals surface area contributed by atoms with Gasteiger partial charge in [-0.1, -0.05) is 29.8 Å². The second-order valence-electron chi connectivity index (χ2n) is 6.39. The number of sulfonamides is 1. The zero-order valence-electron chi connectivity index (χ0n) is 14.5. The first kappa shape index (κ1) is 18.9. The van der Waals surface area contributed by atoms with Gasteiger partial charge in [0, 0.05) is 23.7 Å². The predicted octanol–water partition coefficient (Wildman–Crippen LogP) is 3.62. The summed E-state index contributed by atoms with van der Waals surface area (Å²) in [4.78, 5) is 12.7. The van der Waals surface area contributed by atoms with Gasteiger partial charge in [0.1, 0.15) is 0 Å². The lowest BCUT2D eigenvalue weighted by molar-refractivity contribution is 0.0939. The SMILES string of the molecule is C[C@@H](NC(=O)c1cccc(S(=O)(=O)N2CCCC2)c1)c1ccc(Cl)cc1. The number of amides is 1. The van der Waals surface area contributed by atoms with Gasteiger partial charge in [-0.2, -0.15) is 4.31 Å². The summed E-state index contributed by atoms with van der Waals surface area (Å²) in [5.41, 5.74) is 1.25. The molecule has 138 valence electrons. The van der Waals surface area contributed by atoms with Crippen LogP contribution in [0, 0.1) is 0 Å². The molecule has 1 fully saturated rings. The van der Waals surface area contributed by atoms with Crippen LogP contribution in [-0.2, 0) is 10.0 Å². The first-order chi connectivity index (χ1) is 12.4. The van der Waals surface area contributed by atoms with Gasteiger partial charge < -0.3 is 5.32 Å². The lowest BCUT2D eigenvalue weighted by Crippen LogP contribution is -2.29. The molecular weight excluding hydrogens is 372 g/mol. The van der Waals surface area contributed by atoms with E-state index in [1.807, 2.05) is 19.1 Å². The maximum absolute atomic E-state index is 12.7. The smallest absolute Gasteiger partial charge is 0.251 e. The molecule has 0 spiro atoms. The van der Waals surface area contributed by atoms with Crippen molar-refractivity contribution in [3.63, 3.8) is 0 Å². The maximum Gasteiger partial charge on any atom is 0.251 e. The Morgan fingerprint density at radius 1 is 1.12 bits per heavy atom. The molecule has 0 radical (unpaired) electrons. The molecule has 2 aromatic carbocycles. The van der Waals surface area contributed by atoms with Gasteiger partial charge in [0.25, 0.3) is 5.91 Å². The van der Waals surface area contributed by atoms with Crippen LogP contribution in [0.4, 0.5) is 0 Å². The first-order valence-electron chi connectivity index (χ1n) is 8.54. The molecule has 26 heavy (non-hydrogen) atoms. The second kappa shape index (κ2) is 7.78. The minimum absolute atomic E-state index is 0.159. The van der Waals surface area contributed by atoms with Crippen LogP contribution in [0.25, 0.3) is 0 Å². The highest BCUT2D eigenvalue weighted by molar-refractivity contribution is 7.89. The monoisotopic (exact) mass is 392 g/mol. The van der Waals surface area contributed by atoms with Gasteiger partial charge >= 0.3 is 0 Å². The van der Waals surface area contributed by atoms with Crippen LogP contribution in [-0.4, -0.2) is 31.7 Å². The molecule has 1 aliphatic heterocycles. The van der Waals surface area contributed by atoms with Gasteiger partial charge in [-0.25, -0.2) is 8.42 Å². The van der Waals surface area contributed by atoms with Gasteiger partial charge in [0.05, 0.1) is 10.9 Å². The van der Waals surface area contributed by atoms with Crippen molar-refractivity contribution in [1.82, 2.24) is 9.62 Å². The molecule has 1 atom stereocenters. The number of carbonyl (C=O) groups is 1. The third-order valence-electron chi connectivity index (χ3n) is 4.52. The van der Waals surface area contributed by atoms with E-state index in [1.54, 1.807) is 24.3 Å². The van der Waals surface area contributed by atoms with E-state index in [-0.39, 0.29) is 16.8 Å². The van der Waals surface area contributed by atoms with E-state index in [2.05, 4.69) is 5.32 Å². The van der Waals surface area contributed by atoms with Crippen LogP contribution in [0.2, 0.25) is 5.02 Å². The summed E-state index contributed by atoms with van der Waals surface area (Å²) in [6.07, 6.45) is 1.75. The Kier molecular flexibility index (Phi) is 5.65. The average molecular weight is 393 g/mol. The lowest BCUT2D eigenvalue weighted by Gasteiger charge is -2.17. The highest BCUT2D eigenvalue weighted by atomic mass is 35.5. The van der Waals surface area contributed by atoms with E-state index in [4.69, 9.17) is 11.6 Å². The summed E-state index contributed by atoms with van der Waals surface area (Å²) < 4.78 is 26.8. The largest absolute Gasteiger partial charge is 0.346 e. The summed E-state index contributed by atoms with van der Waals surface area (Å²) >= 11 is 5.88. The van der Waals surface area contributed by atoms with Gasteiger partial charge in [0.15, 0.2) is 0 Å². The van der Waals surface area contributed by atoms with Crippen molar-refractivity contribution in [3.05, 3.63) is 64.7 Å². The molecule has 1 aliphatic rings. The molecule has 1 amide bonds. The Balaban J connectivity index is 1.77. The molecule has 7 heteroatoms. The third kappa shape index (κ3) is 4.09. The van der Waals surface area contributed by atoms with Gasteiger partial charge in [-0.3, -0.25) is 4.79 Å². The molecule has 3 rings (SSSR count). The van der Waals surface area contributed by atoms with Crippen molar-refractivity contribution in [2.45, 2.75) is 30.7 Å². The molecule has 1 heterocycles. The number of carbonyl (C=O) groups excluding carboxylic acids is 1. The van der Waals surface area contributed by atoms with Crippen molar-refractivity contribution < 1.29 is 13.2 Å². The molecule has 1 N–H and O–H groups in total. The maximum atomic E-state index is 12.7. The molecule has 0 aromatic heterocycles. The van der Waals surface area contributed by atoms with E-state index >= 15 is 0 Å². The van der Waals surface area contributed by atoms with Crippen molar-refractivity contribution in [2.24, 2.45) is 0 Å². The predicted molar refractivity (Wildman–Crippen MR) is 102 cm³/mol. The molecule has 0 saturated carbocycles. The number of rotatable bonds is 5. The number of hydrogen-bond acceptors (Lipinski definition) is 3. The Hall–Kier alpha value is -1.89. The first-order valence-corrected chi connectivity index (χ1v) is 10.4. The minimum Gasteiger partial charge on any atom is -0.346 e. The Labute approximate surface area is 159 Å². The summed E-state index contributed by atoms with van der Waals surface area (Å²) in [6.45, 7) is 2.94. The zero-order valence-corrected chi connectivity index (χ0v) is 16.1. The van der Waals surface area contributed by atoms with Crippen molar-refractivity contribution in [1.29, 1.82) is 0 Å². The number of halogens is 1. The Morgan fingerprint density at radius 3 is 2.42 bits per heavy atom. The fourth-order valence-corrected chi connectivity index (χ4v) is 4.68. The summed E-state index contributed by atoms with van der Waals surface area (Å²) in [5, 5.41) is 3.52. The number of benzene rings is 2. The van der Waals surface area contributed by atoms with Gasteiger partial charge in [-0.15, -0.1) is 0 Å². The van der Waals surface area contributed by atoms with Crippen molar-refractivity contribution in [3.8, 4) is 0 Å². The van der Waals surface area contributed by atoms with Gasteiger partial charge in [0.2, 0.25) is 10.0 Å². The van der Waals surface area contributed by atoms with Crippen LogP contribution in [0.15, 0.2) is 53.4 Å². The van der Waals surface area contributed by atoms with Crippen LogP contribution in [0.5, 0.6) is 0 Å². The molecule has 2 aromatic rings. The molecular formula is C19H21ClN2O3S. The third-order valence-corrected chi connectivity index (χ3v) is 6.66. The van der Waals surface area contributed by atoms with E-state index in [9.17, 15) is 13.2 Å². The van der Waals surface area contributed by atoms with Crippen molar-refractivity contribution >= 4 is 27.5 Å². The number of nitrogens with one attached hydrogen (secondary N) is 1. The van der Waals surface area contributed by atoms with Crippen LogP contribution < -0.4 is 5.32 Å². The quantitative estimate of drug-likeness (QED) is 0.845. The van der Waals surface area contributed by atoms with Crippen LogP contribution in [0.1, 0.15) is 41.7 Å². The highest BCUT2D eigenvalue weighted by Gasteiger charge is 2.27. The van der Waals surface area contributed by atoms with Gasteiger partial charge in [-0.05, 0) is 55.7 Å². The fourth-order valence-electron chi connectivity index (χ4n) is 2.99. The van der Waals surface area contributed by atoms with E-state index in [0.717, 1.165) is 18.4 Å². The molecule has 5 nitrogen and oxygen atoms in total. The van der Waals surface area contributed by atoms with E-state index in [1.165, 1.54) is 16.4 Å². The van der Waals surface area contributed by atoms with Crippen LogP contribution in [0.3, 0.4) is 0 Å². The standard InChI is InChI=1S/C19H21ClN2O3S/c1-14(15-7-9-17(20)10-8-15)21-19(23)16-5-4-6-18(13-16)26(24,25)22-11-2-3-12-22/h4-10,13-14H,2-3,11-12H2,1H3,(H,21,23)/t14-/m1/s1.